The summed E-state index contributed by atoms with van der Waals surface area (Å²) in [5.41, 5.74) is 1.93. The van der Waals surface area contributed by atoms with E-state index in [4.69, 9.17) is 0 Å². The van der Waals surface area contributed by atoms with E-state index in [0.717, 1.165) is 30.1 Å². The summed E-state index contributed by atoms with van der Waals surface area (Å²) in [4.78, 5) is 0. The molecule has 0 heterocycles. The van der Waals surface area contributed by atoms with E-state index in [0.29, 0.717) is 10.9 Å². The molecule has 1 fully saturated rings. The Hall–Kier alpha value is -3.26. The van der Waals surface area contributed by atoms with Gasteiger partial charge in [0.1, 0.15) is 11.6 Å². The Labute approximate surface area is 210 Å². The van der Waals surface area contributed by atoms with Crippen molar-refractivity contribution < 1.29 is 22.3 Å². The van der Waals surface area contributed by atoms with E-state index in [1.807, 2.05) is 24.3 Å². The maximum Gasteiger partial charge on any atom is 0.573 e. The summed E-state index contributed by atoms with van der Waals surface area (Å²) in [6.07, 6.45) is 7.04. The van der Waals surface area contributed by atoms with Crippen LogP contribution in [0.1, 0.15) is 61.6 Å². The van der Waals surface area contributed by atoms with Crippen LogP contribution in [-0.4, -0.2) is 6.36 Å². The second kappa shape index (κ2) is 11.6. The smallest absolute Gasteiger partial charge is 0.406 e. The number of alkyl halides is 3. The molecular weight excluding hydrogens is 464 g/mol. The van der Waals surface area contributed by atoms with Gasteiger partial charge in [-0.25, -0.2) is 4.39 Å². The lowest BCUT2D eigenvalue weighted by Gasteiger charge is -2.28. The average molecular weight is 495 g/mol. The summed E-state index contributed by atoms with van der Waals surface area (Å²) < 4.78 is 55.8. The van der Waals surface area contributed by atoms with Crippen molar-refractivity contribution in [3.8, 4) is 17.6 Å². The second-order valence-corrected chi connectivity index (χ2v) is 9.60. The number of aryl methyl sites for hydroxylation is 1. The summed E-state index contributed by atoms with van der Waals surface area (Å²) in [5.74, 6) is 6.51. The van der Waals surface area contributed by atoms with Gasteiger partial charge in [0.05, 0.1) is 5.56 Å². The van der Waals surface area contributed by atoms with Crippen molar-refractivity contribution in [1.29, 1.82) is 0 Å². The molecule has 0 unspecified atom stereocenters. The Balaban J connectivity index is 1.37. The molecule has 0 radical (unpaired) electrons. The fourth-order valence-corrected chi connectivity index (χ4v) is 5.01. The van der Waals surface area contributed by atoms with Crippen LogP contribution in [0.25, 0.3) is 10.8 Å². The first kappa shape index (κ1) is 25.8. The van der Waals surface area contributed by atoms with E-state index in [1.165, 1.54) is 68.4 Å². The number of hydrogen-bond donors (Lipinski definition) is 0. The number of hydrogen-bond acceptors (Lipinski definition) is 1. The summed E-state index contributed by atoms with van der Waals surface area (Å²) in [5, 5.41) is 1.36. The van der Waals surface area contributed by atoms with Crippen molar-refractivity contribution in [3.63, 3.8) is 0 Å². The first-order valence-electron chi connectivity index (χ1n) is 12.5. The monoisotopic (exact) mass is 494 g/mol. The zero-order valence-electron chi connectivity index (χ0n) is 20.2. The molecule has 1 aliphatic carbocycles. The molecule has 0 amide bonds. The van der Waals surface area contributed by atoms with Crippen LogP contribution in [0, 0.1) is 29.5 Å². The highest BCUT2D eigenvalue weighted by Gasteiger charge is 2.30. The van der Waals surface area contributed by atoms with Gasteiger partial charge in [-0.3, -0.25) is 0 Å². The number of fused-ring (bicyclic) bond motifs is 1. The Morgan fingerprint density at radius 2 is 1.58 bits per heavy atom. The number of benzene rings is 3. The van der Waals surface area contributed by atoms with Crippen molar-refractivity contribution >= 4 is 10.8 Å². The highest BCUT2D eigenvalue weighted by atomic mass is 19.4. The molecule has 3 aromatic rings. The molecule has 1 aliphatic rings. The van der Waals surface area contributed by atoms with E-state index in [9.17, 15) is 13.2 Å². The van der Waals surface area contributed by atoms with Crippen molar-refractivity contribution in [3.05, 3.63) is 89.8 Å². The zero-order chi connectivity index (χ0) is 25.5. The van der Waals surface area contributed by atoms with Gasteiger partial charge in [0.25, 0.3) is 0 Å². The van der Waals surface area contributed by atoms with Crippen LogP contribution in [0.3, 0.4) is 0 Å². The standard InChI is InChI=1S/C31H30F4O/c1-2-3-4-22-5-7-23(8-6-22)9-10-25-14-20-29-27(21-25)17-16-26(30(29)32)15-11-24-12-18-28(19-13-24)36-31(33,34)35/h2,12-14,16-23H,1,3-10H2. The van der Waals surface area contributed by atoms with Crippen LogP contribution in [-0.2, 0) is 6.42 Å². The van der Waals surface area contributed by atoms with Gasteiger partial charge in [0.2, 0.25) is 0 Å². The topological polar surface area (TPSA) is 9.23 Å². The quantitative estimate of drug-likeness (QED) is 0.181. The molecule has 0 bridgehead atoms. The molecule has 0 N–H and O–H groups in total. The Bertz CT molecular complexity index is 1240. The van der Waals surface area contributed by atoms with Crippen LogP contribution < -0.4 is 4.74 Å². The minimum Gasteiger partial charge on any atom is -0.406 e. The molecule has 0 saturated heterocycles. The van der Waals surface area contributed by atoms with Crippen LogP contribution in [0.2, 0.25) is 0 Å². The molecule has 4 rings (SSSR count). The van der Waals surface area contributed by atoms with Crippen molar-refractivity contribution in [1.82, 2.24) is 0 Å². The maximum absolute atomic E-state index is 15.1. The first-order valence-corrected chi connectivity index (χ1v) is 12.5. The third-order valence-corrected chi connectivity index (χ3v) is 7.03. The second-order valence-electron chi connectivity index (χ2n) is 9.60. The molecular formula is C31H30F4O. The van der Waals surface area contributed by atoms with Crippen LogP contribution in [0.5, 0.6) is 5.75 Å². The fourth-order valence-electron chi connectivity index (χ4n) is 5.01. The lowest BCUT2D eigenvalue weighted by atomic mass is 9.78. The minimum absolute atomic E-state index is 0.249. The van der Waals surface area contributed by atoms with Crippen LogP contribution in [0.4, 0.5) is 17.6 Å². The number of allylic oxidation sites excluding steroid dienone is 1. The fraction of sp³-hybridized carbons (Fsp3) is 0.355. The Morgan fingerprint density at radius 3 is 2.25 bits per heavy atom. The predicted octanol–water partition coefficient (Wildman–Crippen LogP) is 8.98. The average Bonchev–Trinajstić information content (AvgIpc) is 2.86. The predicted molar refractivity (Wildman–Crippen MR) is 136 cm³/mol. The van der Waals surface area contributed by atoms with Gasteiger partial charge in [-0.2, -0.15) is 0 Å². The van der Waals surface area contributed by atoms with Gasteiger partial charge in [0.15, 0.2) is 0 Å². The van der Waals surface area contributed by atoms with Gasteiger partial charge < -0.3 is 4.74 Å². The van der Waals surface area contributed by atoms with Gasteiger partial charge in [-0.15, -0.1) is 19.8 Å². The van der Waals surface area contributed by atoms with Gasteiger partial charge in [-0.05, 0) is 78.8 Å². The number of rotatable bonds is 7. The van der Waals surface area contributed by atoms with Crippen molar-refractivity contribution in [2.75, 3.05) is 0 Å². The third kappa shape index (κ3) is 7.13. The highest BCUT2D eigenvalue weighted by molar-refractivity contribution is 5.85. The summed E-state index contributed by atoms with van der Waals surface area (Å²) in [6, 6.07) is 14.6. The number of ether oxygens (including phenoxy) is 1. The number of halogens is 4. The summed E-state index contributed by atoms with van der Waals surface area (Å²) in [7, 11) is 0. The maximum atomic E-state index is 15.1. The molecule has 3 aromatic carbocycles. The summed E-state index contributed by atoms with van der Waals surface area (Å²) >= 11 is 0. The SMILES string of the molecule is C=CCCC1CCC(CCc2ccc3c(F)c(C#Cc4ccc(OC(F)(F)F)cc4)ccc3c2)CC1. The third-order valence-electron chi connectivity index (χ3n) is 7.03. The molecule has 36 heavy (non-hydrogen) atoms. The molecule has 0 spiro atoms. The van der Waals surface area contributed by atoms with Gasteiger partial charge in [0, 0.05) is 10.9 Å². The largest absolute Gasteiger partial charge is 0.573 e. The Morgan fingerprint density at radius 1 is 0.889 bits per heavy atom. The Kier molecular flexibility index (Phi) is 8.36. The zero-order valence-corrected chi connectivity index (χ0v) is 20.2. The van der Waals surface area contributed by atoms with Crippen LogP contribution in [0.15, 0.2) is 67.3 Å². The van der Waals surface area contributed by atoms with Crippen molar-refractivity contribution in [2.45, 2.75) is 57.7 Å². The van der Waals surface area contributed by atoms with E-state index < -0.39 is 6.36 Å². The molecule has 0 atom stereocenters. The molecule has 5 heteroatoms. The minimum atomic E-state index is -4.74. The van der Waals surface area contributed by atoms with Crippen molar-refractivity contribution in [2.24, 2.45) is 11.8 Å². The molecule has 0 aromatic heterocycles. The molecule has 1 nitrogen and oxygen atoms in total. The highest BCUT2D eigenvalue weighted by Crippen LogP contribution is 2.34. The van der Waals surface area contributed by atoms with E-state index in [2.05, 4.69) is 29.2 Å². The normalized spacial score (nSPS) is 17.9. The lowest BCUT2D eigenvalue weighted by molar-refractivity contribution is -0.274. The molecule has 188 valence electrons. The molecule has 0 aliphatic heterocycles. The van der Waals surface area contributed by atoms with Gasteiger partial charge >= 0.3 is 6.36 Å². The van der Waals surface area contributed by atoms with Gasteiger partial charge in [-0.1, -0.05) is 67.9 Å². The first-order chi connectivity index (χ1) is 17.3. The van der Waals surface area contributed by atoms with E-state index >= 15 is 4.39 Å². The van der Waals surface area contributed by atoms with Crippen LogP contribution >= 0.6 is 0 Å². The van der Waals surface area contributed by atoms with E-state index in [-0.39, 0.29) is 17.1 Å². The molecule has 1 saturated carbocycles. The van der Waals surface area contributed by atoms with E-state index in [1.54, 1.807) is 6.07 Å². The summed E-state index contributed by atoms with van der Waals surface area (Å²) in [6.45, 7) is 3.83. The lowest BCUT2D eigenvalue weighted by Crippen LogP contribution is -2.16.